The fourth-order valence-corrected chi connectivity index (χ4v) is 5.84. The van der Waals surface area contributed by atoms with Crippen molar-refractivity contribution in [1.82, 2.24) is 19.4 Å². The second-order valence-corrected chi connectivity index (χ2v) is 11.2. The number of nitrogens with zero attached hydrogens (tertiary/aromatic N) is 4. The van der Waals surface area contributed by atoms with E-state index in [1.165, 1.54) is 17.0 Å². The van der Waals surface area contributed by atoms with Gasteiger partial charge in [-0.15, -0.1) is 13.2 Å². The molecule has 3 heterocycles. The summed E-state index contributed by atoms with van der Waals surface area (Å²) in [4.78, 5) is 45.4. The molecule has 15 heteroatoms. The average molecular weight is 632 g/mol. The van der Waals surface area contributed by atoms with Crippen LogP contribution in [0.3, 0.4) is 0 Å². The number of halogens is 3. The molecule has 2 atom stereocenters. The maximum atomic E-state index is 13.7. The summed E-state index contributed by atoms with van der Waals surface area (Å²) in [6, 6.07) is 14.0. The number of carbonyl (C=O) groups excluding carboxylic acids is 1. The smallest absolute Gasteiger partial charge is 0.465 e. The molecule has 0 radical (unpaired) electrons. The van der Waals surface area contributed by atoms with Crippen molar-refractivity contribution < 1.29 is 42.4 Å². The van der Waals surface area contributed by atoms with Gasteiger partial charge in [0.05, 0.1) is 12.1 Å². The Balaban J connectivity index is 1.23. The Morgan fingerprint density at radius 2 is 1.71 bits per heavy atom. The Bertz CT molecular complexity index is 1590. The highest BCUT2D eigenvalue weighted by atomic mass is 19.4. The van der Waals surface area contributed by atoms with Gasteiger partial charge >= 0.3 is 12.5 Å². The van der Waals surface area contributed by atoms with E-state index >= 15 is 0 Å². The summed E-state index contributed by atoms with van der Waals surface area (Å²) in [5, 5.41) is 20.9. The third-order valence-electron chi connectivity index (χ3n) is 8.19. The molecular weight excluding hydrogens is 599 g/mol. The molecule has 0 spiro atoms. The van der Waals surface area contributed by atoms with E-state index in [1.807, 2.05) is 30.3 Å². The van der Waals surface area contributed by atoms with Gasteiger partial charge in [-0.2, -0.15) is 0 Å². The Morgan fingerprint density at radius 3 is 2.38 bits per heavy atom. The van der Waals surface area contributed by atoms with Crippen molar-refractivity contribution >= 4 is 17.7 Å². The van der Waals surface area contributed by atoms with Crippen molar-refractivity contribution in [2.75, 3.05) is 31.9 Å². The number of alkyl halides is 3. The number of carboxylic acid groups (broad SMARTS) is 1. The molecule has 2 aliphatic heterocycles. The number of nitrogen functional groups attached to an aromatic ring is 1. The first-order valence-corrected chi connectivity index (χ1v) is 14.2. The first-order valence-electron chi connectivity index (χ1n) is 14.2. The van der Waals surface area contributed by atoms with E-state index in [9.17, 15) is 37.8 Å². The number of aromatic nitrogens is 2. The molecule has 4 N–H and O–H groups in total. The number of benzene rings is 2. The highest BCUT2D eigenvalue weighted by molar-refractivity contribution is 5.80. The molecule has 2 aromatic carbocycles. The molecule has 0 unspecified atom stereocenters. The molecule has 45 heavy (non-hydrogen) atoms. The number of aliphatic hydroxyl groups is 1. The third-order valence-corrected chi connectivity index (χ3v) is 8.19. The zero-order valence-electron chi connectivity index (χ0n) is 24.0. The second kappa shape index (κ2) is 12.7. The van der Waals surface area contributed by atoms with Crippen LogP contribution >= 0.6 is 0 Å². The SMILES string of the molecule is Nc1c(Oc2cccc(OC(F)(F)F)c2)ncn(CC2(O)CCN(C(=O)[C@@H]3CCN(C(=O)O)C[C@H]3c3ccccc3)CC2)c1=O. The maximum Gasteiger partial charge on any atom is 0.573 e. The third kappa shape index (κ3) is 7.48. The second-order valence-electron chi connectivity index (χ2n) is 11.2. The molecule has 2 amide bonds. The summed E-state index contributed by atoms with van der Waals surface area (Å²) in [5.74, 6) is -1.78. The molecule has 5 rings (SSSR count). The number of nitrogens with two attached hydrogens (primary N) is 1. The monoisotopic (exact) mass is 631 g/mol. The predicted molar refractivity (Wildman–Crippen MR) is 154 cm³/mol. The van der Waals surface area contributed by atoms with Crippen LogP contribution < -0.4 is 20.8 Å². The first-order chi connectivity index (χ1) is 21.3. The number of hydrogen-bond donors (Lipinski definition) is 3. The summed E-state index contributed by atoms with van der Waals surface area (Å²) in [7, 11) is 0. The van der Waals surface area contributed by atoms with Gasteiger partial charge in [0.15, 0.2) is 5.69 Å². The highest BCUT2D eigenvalue weighted by Gasteiger charge is 2.41. The molecule has 0 aliphatic carbocycles. The number of ether oxygens (including phenoxy) is 2. The van der Waals surface area contributed by atoms with Gasteiger partial charge in [-0.1, -0.05) is 36.4 Å². The van der Waals surface area contributed by atoms with Crippen molar-refractivity contribution in [3.8, 4) is 17.4 Å². The number of likely N-dealkylation sites (tertiary alicyclic amines) is 2. The van der Waals surface area contributed by atoms with Crippen molar-refractivity contribution in [3.63, 3.8) is 0 Å². The van der Waals surface area contributed by atoms with Crippen LogP contribution in [0.15, 0.2) is 65.7 Å². The lowest BCUT2D eigenvalue weighted by molar-refractivity contribution is -0.274. The summed E-state index contributed by atoms with van der Waals surface area (Å²) in [5.41, 5.74) is 4.35. The molecule has 2 saturated heterocycles. The van der Waals surface area contributed by atoms with Gasteiger partial charge in [0, 0.05) is 44.1 Å². The number of piperidine rings is 2. The van der Waals surface area contributed by atoms with Gasteiger partial charge in [-0.05, 0) is 37.0 Å². The Hall–Kier alpha value is -4.79. The molecule has 2 aliphatic rings. The fourth-order valence-electron chi connectivity index (χ4n) is 5.84. The Kier molecular flexibility index (Phi) is 8.91. The molecule has 3 aromatic rings. The molecule has 12 nitrogen and oxygen atoms in total. The van der Waals surface area contributed by atoms with E-state index in [1.54, 1.807) is 4.90 Å². The zero-order valence-corrected chi connectivity index (χ0v) is 24.0. The van der Waals surface area contributed by atoms with Crippen LogP contribution in [0.1, 0.15) is 30.7 Å². The molecule has 240 valence electrons. The standard InChI is InChI=1S/C30H32F3N5O7/c31-30(32,33)45-21-8-4-7-20(15-21)44-25-24(34)27(40)38(18-35-25)17-29(43)10-13-36(14-11-29)26(39)22-9-12-37(28(41)42)16-23(22)19-5-2-1-3-6-19/h1-8,15,18,22-23,43H,9-14,16-17,34H2,(H,41,42)/t22-,23+/m1/s1. The van der Waals surface area contributed by atoms with Gasteiger partial charge < -0.3 is 35.2 Å². The number of hydrogen-bond acceptors (Lipinski definition) is 8. The Morgan fingerprint density at radius 1 is 1.02 bits per heavy atom. The highest BCUT2D eigenvalue weighted by Crippen LogP contribution is 2.36. The van der Waals surface area contributed by atoms with Gasteiger partial charge in [0.2, 0.25) is 11.8 Å². The number of carbonyl (C=O) groups is 2. The number of amides is 2. The lowest BCUT2D eigenvalue weighted by atomic mass is 9.79. The quantitative estimate of drug-likeness (QED) is 0.354. The van der Waals surface area contributed by atoms with Gasteiger partial charge in [0.1, 0.15) is 17.8 Å². The molecular formula is C30H32F3N5O7. The summed E-state index contributed by atoms with van der Waals surface area (Å²) < 4.78 is 48.1. The van der Waals surface area contributed by atoms with Crippen LogP contribution in [-0.4, -0.2) is 79.7 Å². The van der Waals surface area contributed by atoms with Crippen LogP contribution in [0.4, 0.5) is 23.7 Å². The number of anilines is 1. The normalized spacial score (nSPS) is 20.0. The van der Waals surface area contributed by atoms with E-state index in [4.69, 9.17) is 10.5 Å². The number of rotatable bonds is 7. The minimum atomic E-state index is -4.90. The summed E-state index contributed by atoms with van der Waals surface area (Å²) in [6.07, 6.45) is -4.09. The fraction of sp³-hybridized carbons (Fsp3) is 0.400. The van der Waals surface area contributed by atoms with Crippen LogP contribution in [0.5, 0.6) is 17.4 Å². The summed E-state index contributed by atoms with van der Waals surface area (Å²) >= 11 is 0. The van der Waals surface area contributed by atoms with E-state index in [0.717, 1.165) is 28.6 Å². The van der Waals surface area contributed by atoms with Gasteiger partial charge in [0.25, 0.3) is 5.56 Å². The molecule has 0 saturated carbocycles. The van der Waals surface area contributed by atoms with Gasteiger partial charge in [-0.3, -0.25) is 14.2 Å². The maximum absolute atomic E-state index is 13.7. The van der Waals surface area contributed by atoms with Crippen molar-refractivity contribution in [2.24, 2.45) is 5.92 Å². The lowest BCUT2D eigenvalue weighted by Gasteiger charge is -2.42. The predicted octanol–water partition coefficient (Wildman–Crippen LogP) is 3.65. The molecule has 1 aromatic heterocycles. The zero-order chi connectivity index (χ0) is 32.4. The van der Waals surface area contributed by atoms with E-state index < -0.39 is 41.0 Å². The lowest BCUT2D eigenvalue weighted by Crippen LogP contribution is -2.53. The minimum absolute atomic E-state index is 0.0908. The van der Waals surface area contributed by atoms with Gasteiger partial charge in [-0.25, -0.2) is 9.78 Å². The minimum Gasteiger partial charge on any atom is -0.465 e. The van der Waals surface area contributed by atoms with Crippen LogP contribution in [0.2, 0.25) is 0 Å². The average Bonchev–Trinajstić information content (AvgIpc) is 3.00. The van der Waals surface area contributed by atoms with Crippen LogP contribution in [-0.2, 0) is 11.3 Å². The van der Waals surface area contributed by atoms with Crippen molar-refractivity contribution in [2.45, 2.75) is 43.7 Å². The van der Waals surface area contributed by atoms with Crippen molar-refractivity contribution in [3.05, 3.63) is 76.8 Å². The van der Waals surface area contributed by atoms with Crippen LogP contribution in [0, 0.1) is 5.92 Å². The summed E-state index contributed by atoms with van der Waals surface area (Å²) in [6.45, 7) is 0.744. The van der Waals surface area contributed by atoms with E-state index in [-0.39, 0.29) is 69.0 Å². The Labute approximate surface area is 255 Å². The van der Waals surface area contributed by atoms with Crippen molar-refractivity contribution in [1.29, 1.82) is 0 Å². The van der Waals surface area contributed by atoms with E-state index in [0.29, 0.717) is 6.42 Å². The molecule has 2 fully saturated rings. The topological polar surface area (TPSA) is 160 Å². The van der Waals surface area contributed by atoms with Crippen LogP contribution in [0.25, 0.3) is 0 Å². The first kappa shape index (κ1) is 31.6. The van der Waals surface area contributed by atoms with E-state index in [2.05, 4.69) is 9.72 Å². The molecule has 0 bridgehead atoms. The largest absolute Gasteiger partial charge is 0.573 e.